The molecule has 2 atom stereocenters. The summed E-state index contributed by atoms with van der Waals surface area (Å²) in [5, 5.41) is 6.10. The average molecular weight is 646 g/mol. The number of para-hydroxylation sites is 2. The first kappa shape index (κ1) is 27.6. The summed E-state index contributed by atoms with van der Waals surface area (Å²) in [5.74, 6) is 0.0667. The van der Waals surface area contributed by atoms with Crippen molar-refractivity contribution < 1.29 is 4.42 Å². The van der Waals surface area contributed by atoms with Crippen molar-refractivity contribution in [3.05, 3.63) is 172 Å². The van der Waals surface area contributed by atoms with E-state index in [0.717, 1.165) is 35.2 Å². The Labute approximate surface area is 288 Å². The maximum atomic E-state index is 6.79. The van der Waals surface area contributed by atoms with E-state index in [9.17, 15) is 0 Å². The summed E-state index contributed by atoms with van der Waals surface area (Å²) < 4.78 is 6.79. The minimum absolute atomic E-state index is 0.0472. The van der Waals surface area contributed by atoms with Crippen LogP contribution in [0, 0.1) is 0 Å². The fourth-order valence-electron chi connectivity index (χ4n) is 9.03. The summed E-state index contributed by atoms with van der Waals surface area (Å²) in [6.07, 6.45) is 6.61. The number of pyridine rings is 1. The van der Waals surface area contributed by atoms with Gasteiger partial charge in [-0.05, 0) is 75.7 Å². The fourth-order valence-corrected chi connectivity index (χ4v) is 10.5. The number of hydrogen-bond donors (Lipinski definition) is 0. The molecule has 0 radical (unpaired) electrons. The highest BCUT2D eigenvalue weighted by molar-refractivity contribution is 8.03. The van der Waals surface area contributed by atoms with Gasteiger partial charge in [0.1, 0.15) is 11.2 Å². The van der Waals surface area contributed by atoms with Crippen LogP contribution >= 0.6 is 11.8 Å². The minimum atomic E-state index is -0.0472. The second kappa shape index (κ2) is 10.1. The Kier molecular flexibility index (Phi) is 5.66. The van der Waals surface area contributed by atoms with E-state index in [1.54, 1.807) is 0 Å². The molecule has 0 fully saturated rings. The minimum Gasteiger partial charge on any atom is -0.455 e. The maximum absolute atomic E-state index is 6.79. The van der Waals surface area contributed by atoms with Crippen molar-refractivity contribution >= 4 is 60.9 Å². The quantitative estimate of drug-likeness (QED) is 0.187. The van der Waals surface area contributed by atoms with Gasteiger partial charge >= 0.3 is 0 Å². The van der Waals surface area contributed by atoms with Gasteiger partial charge in [-0.3, -0.25) is 4.98 Å². The van der Waals surface area contributed by atoms with Crippen molar-refractivity contribution in [3.8, 4) is 11.1 Å². The van der Waals surface area contributed by atoms with Gasteiger partial charge in [0.25, 0.3) is 0 Å². The number of hydrogen-bond acceptors (Lipinski definition) is 3. The Morgan fingerprint density at radius 3 is 2.45 bits per heavy atom. The largest absolute Gasteiger partial charge is 0.455 e. The van der Waals surface area contributed by atoms with Crippen molar-refractivity contribution in [3.63, 3.8) is 0 Å². The van der Waals surface area contributed by atoms with Gasteiger partial charge in [-0.15, -0.1) is 0 Å². The van der Waals surface area contributed by atoms with Gasteiger partial charge in [0.05, 0.1) is 11.2 Å². The zero-order valence-corrected chi connectivity index (χ0v) is 27.9. The zero-order valence-electron chi connectivity index (χ0n) is 27.0. The maximum Gasteiger partial charge on any atom is 0.144 e. The summed E-state index contributed by atoms with van der Waals surface area (Å²) in [5.41, 5.74) is 13.2. The van der Waals surface area contributed by atoms with Crippen LogP contribution in [0.4, 0.5) is 0 Å². The lowest BCUT2D eigenvalue weighted by molar-refractivity contribution is 0.591. The number of benzene rings is 6. The van der Waals surface area contributed by atoms with Crippen molar-refractivity contribution in [1.82, 2.24) is 4.98 Å². The number of fused-ring (bicyclic) bond motifs is 14. The zero-order chi connectivity index (χ0) is 32.3. The first-order valence-corrected chi connectivity index (χ1v) is 18.0. The molecule has 11 rings (SSSR count). The highest BCUT2D eigenvalue weighted by Crippen LogP contribution is 2.59. The third kappa shape index (κ3) is 3.77. The molecule has 49 heavy (non-hydrogen) atoms. The van der Waals surface area contributed by atoms with Gasteiger partial charge in [-0.2, -0.15) is 0 Å². The van der Waals surface area contributed by atoms with Crippen LogP contribution in [0.25, 0.3) is 60.3 Å². The molecule has 1 aliphatic heterocycles. The van der Waals surface area contributed by atoms with Crippen LogP contribution < -0.4 is 0 Å². The highest BCUT2D eigenvalue weighted by Gasteiger charge is 2.43. The van der Waals surface area contributed by atoms with Crippen LogP contribution in [0.3, 0.4) is 0 Å². The molecule has 6 aromatic carbocycles. The van der Waals surface area contributed by atoms with Crippen LogP contribution in [0.5, 0.6) is 0 Å². The molecule has 0 N–H and O–H groups in total. The van der Waals surface area contributed by atoms with E-state index in [0.29, 0.717) is 0 Å². The summed E-state index contributed by atoms with van der Waals surface area (Å²) in [6, 6.07) is 46.4. The van der Waals surface area contributed by atoms with Gasteiger partial charge < -0.3 is 4.42 Å². The lowest BCUT2D eigenvalue weighted by Gasteiger charge is -2.33. The molecular weight excluding hydrogens is 615 g/mol. The van der Waals surface area contributed by atoms with Crippen molar-refractivity contribution in [2.75, 3.05) is 0 Å². The van der Waals surface area contributed by atoms with Crippen LogP contribution in [-0.4, -0.2) is 4.98 Å². The van der Waals surface area contributed by atoms with E-state index < -0.39 is 0 Å². The predicted molar refractivity (Wildman–Crippen MR) is 204 cm³/mol. The van der Waals surface area contributed by atoms with Gasteiger partial charge in [-0.25, -0.2) is 0 Å². The lowest BCUT2D eigenvalue weighted by Crippen LogP contribution is -2.23. The molecule has 3 aliphatic rings. The topological polar surface area (TPSA) is 26.0 Å². The molecule has 0 saturated carbocycles. The Balaban J connectivity index is 1.21. The molecule has 8 aromatic rings. The SMILES string of the molecule is CC12CC=CC(c3cc4ccccc4nc3C3Cc4c(c5oc6ccccc6c5c5ccccc45)-c4ccccc43)=C1Sc1ccccc12. The molecule has 0 amide bonds. The smallest absolute Gasteiger partial charge is 0.144 e. The highest BCUT2D eigenvalue weighted by atomic mass is 32.2. The van der Waals surface area contributed by atoms with Crippen LogP contribution in [0.1, 0.15) is 47.2 Å². The van der Waals surface area contributed by atoms with E-state index in [4.69, 9.17) is 9.40 Å². The van der Waals surface area contributed by atoms with Crippen molar-refractivity contribution in [1.29, 1.82) is 0 Å². The average Bonchev–Trinajstić information content (AvgIpc) is 3.69. The molecule has 0 bridgehead atoms. The molecule has 3 heteroatoms. The number of allylic oxidation sites excluding steroid dienone is 4. The van der Waals surface area contributed by atoms with Crippen molar-refractivity contribution in [2.45, 2.75) is 36.0 Å². The van der Waals surface area contributed by atoms with Crippen LogP contribution in [0.2, 0.25) is 0 Å². The van der Waals surface area contributed by atoms with Crippen LogP contribution in [-0.2, 0) is 11.8 Å². The summed E-state index contributed by atoms with van der Waals surface area (Å²) in [6.45, 7) is 2.43. The fraction of sp³-hybridized carbons (Fsp3) is 0.109. The molecule has 2 unspecified atom stereocenters. The third-order valence-electron chi connectivity index (χ3n) is 11.3. The van der Waals surface area contributed by atoms with E-state index in [1.807, 2.05) is 11.8 Å². The standard InChI is InChI=1S/C46H31NOS/c1-46-24-12-19-32(45(46)49-40-23-11-8-20-37(40)46)35-25-27-13-2-9-21-38(27)47-43(35)36-26-34-28-14-3-5-16-30(28)41-33-18-7-10-22-39(33)48-44(41)42(34)31-17-6-4-15-29(31)36/h2-23,25,36H,24,26H2,1H3. The summed E-state index contributed by atoms with van der Waals surface area (Å²) in [7, 11) is 0. The normalized spacial score (nSPS) is 19.4. The number of aromatic nitrogens is 1. The summed E-state index contributed by atoms with van der Waals surface area (Å²) in [4.78, 5) is 8.42. The Hall–Kier alpha value is -5.38. The molecule has 2 aromatic heterocycles. The van der Waals surface area contributed by atoms with Gasteiger partial charge in [-0.1, -0.05) is 134 Å². The monoisotopic (exact) mass is 645 g/mol. The molecular formula is C46H31NOS. The van der Waals surface area contributed by atoms with E-state index in [2.05, 4.69) is 146 Å². The number of rotatable bonds is 2. The van der Waals surface area contributed by atoms with Gasteiger partial charge in [0.2, 0.25) is 0 Å². The first-order valence-electron chi connectivity index (χ1n) is 17.2. The number of thioether (sulfide) groups is 1. The second-order valence-electron chi connectivity index (χ2n) is 13.9. The first-order chi connectivity index (χ1) is 24.2. The van der Waals surface area contributed by atoms with E-state index in [-0.39, 0.29) is 11.3 Å². The van der Waals surface area contributed by atoms with Crippen molar-refractivity contribution in [2.24, 2.45) is 0 Å². The molecule has 2 aliphatic carbocycles. The summed E-state index contributed by atoms with van der Waals surface area (Å²) >= 11 is 1.95. The Bertz CT molecular complexity index is 2780. The number of furan rings is 1. The molecule has 0 saturated heterocycles. The molecule has 232 valence electrons. The third-order valence-corrected chi connectivity index (χ3v) is 12.7. The predicted octanol–water partition coefficient (Wildman–Crippen LogP) is 12.4. The Morgan fingerprint density at radius 2 is 1.51 bits per heavy atom. The Morgan fingerprint density at radius 1 is 0.755 bits per heavy atom. The molecule has 0 spiro atoms. The van der Waals surface area contributed by atoms with Crippen LogP contribution in [0.15, 0.2) is 154 Å². The number of nitrogens with zero attached hydrogens (tertiary/aromatic N) is 1. The van der Waals surface area contributed by atoms with E-state index >= 15 is 0 Å². The second-order valence-corrected chi connectivity index (χ2v) is 15.0. The van der Waals surface area contributed by atoms with Gasteiger partial charge in [0, 0.05) is 48.4 Å². The molecule has 3 heterocycles. The lowest BCUT2D eigenvalue weighted by atomic mass is 9.72. The molecule has 2 nitrogen and oxygen atoms in total. The van der Waals surface area contributed by atoms with Gasteiger partial charge in [0.15, 0.2) is 0 Å². The van der Waals surface area contributed by atoms with E-state index in [1.165, 1.54) is 75.7 Å².